The van der Waals surface area contributed by atoms with E-state index in [9.17, 15) is 9.90 Å². The molecule has 1 aromatic carbocycles. The van der Waals surface area contributed by atoms with E-state index in [1.54, 1.807) is 18.2 Å². The molecule has 20 heavy (non-hydrogen) atoms. The van der Waals surface area contributed by atoms with Crippen LogP contribution in [0, 0.1) is 0 Å². The average molecular weight is 297 g/mol. The van der Waals surface area contributed by atoms with E-state index >= 15 is 0 Å². The van der Waals surface area contributed by atoms with Crippen LogP contribution in [0.2, 0.25) is 0 Å². The SMILES string of the molecule is CSC(CO)C(C)NC(=O)c1cccc2c1OCCO2. The van der Waals surface area contributed by atoms with Gasteiger partial charge in [0.05, 0.1) is 12.2 Å². The van der Waals surface area contributed by atoms with Gasteiger partial charge in [-0.15, -0.1) is 0 Å². The van der Waals surface area contributed by atoms with Crippen molar-refractivity contribution in [2.45, 2.75) is 18.2 Å². The van der Waals surface area contributed by atoms with E-state index in [0.29, 0.717) is 30.3 Å². The van der Waals surface area contributed by atoms with Crippen molar-refractivity contribution in [3.8, 4) is 11.5 Å². The molecule has 5 nitrogen and oxygen atoms in total. The molecule has 2 atom stereocenters. The van der Waals surface area contributed by atoms with Gasteiger partial charge in [0.2, 0.25) is 0 Å². The van der Waals surface area contributed by atoms with E-state index < -0.39 is 0 Å². The molecule has 1 aliphatic heterocycles. The molecule has 0 bridgehead atoms. The Hall–Kier alpha value is -1.40. The normalized spacial score (nSPS) is 16.4. The van der Waals surface area contributed by atoms with Gasteiger partial charge in [-0.25, -0.2) is 0 Å². The van der Waals surface area contributed by atoms with Crippen molar-refractivity contribution in [1.29, 1.82) is 0 Å². The number of aliphatic hydroxyl groups excluding tert-OH is 1. The molecule has 2 N–H and O–H groups in total. The number of ether oxygens (including phenoxy) is 2. The maximum Gasteiger partial charge on any atom is 0.255 e. The van der Waals surface area contributed by atoms with Crippen molar-refractivity contribution in [2.75, 3.05) is 26.1 Å². The topological polar surface area (TPSA) is 67.8 Å². The molecular formula is C14H19NO4S. The Morgan fingerprint density at radius 2 is 2.20 bits per heavy atom. The molecule has 110 valence electrons. The van der Waals surface area contributed by atoms with E-state index in [2.05, 4.69) is 5.32 Å². The van der Waals surface area contributed by atoms with Crippen LogP contribution in [0.5, 0.6) is 11.5 Å². The molecule has 0 fully saturated rings. The lowest BCUT2D eigenvalue weighted by Gasteiger charge is -2.24. The minimum atomic E-state index is -0.215. The molecule has 0 aliphatic carbocycles. The number of amides is 1. The first-order valence-electron chi connectivity index (χ1n) is 6.50. The molecule has 1 heterocycles. The van der Waals surface area contributed by atoms with Gasteiger partial charge in [-0.2, -0.15) is 11.8 Å². The summed E-state index contributed by atoms with van der Waals surface area (Å²) in [5.41, 5.74) is 0.465. The summed E-state index contributed by atoms with van der Waals surface area (Å²) in [5.74, 6) is 0.876. The number of nitrogens with one attached hydrogen (secondary N) is 1. The van der Waals surface area contributed by atoms with Crippen molar-refractivity contribution in [3.63, 3.8) is 0 Å². The summed E-state index contributed by atoms with van der Waals surface area (Å²) in [4.78, 5) is 12.3. The maximum atomic E-state index is 12.3. The number of para-hydroxylation sites is 1. The van der Waals surface area contributed by atoms with Crippen molar-refractivity contribution in [1.82, 2.24) is 5.32 Å². The number of thioether (sulfide) groups is 1. The number of carbonyl (C=O) groups is 1. The number of hydrogen-bond acceptors (Lipinski definition) is 5. The van der Waals surface area contributed by atoms with Gasteiger partial charge < -0.3 is 19.9 Å². The minimum Gasteiger partial charge on any atom is -0.486 e. The van der Waals surface area contributed by atoms with Crippen LogP contribution in [-0.4, -0.2) is 48.4 Å². The predicted octanol–water partition coefficient (Wildman–Crippen LogP) is 1.30. The summed E-state index contributed by atoms with van der Waals surface area (Å²) in [5, 5.41) is 12.1. The molecule has 2 rings (SSSR count). The van der Waals surface area contributed by atoms with Crippen LogP contribution in [0.4, 0.5) is 0 Å². The second kappa shape index (κ2) is 6.85. The molecule has 0 saturated heterocycles. The van der Waals surface area contributed by atoms with Gasteiger partial charge in [-0.1, -0.05) is 6.07 Å². The average Bonchev–Trinajstić information content (AvgIpc) is 2.47. The first-order valence-corrected chi connectivity index (χ1v) is 7.79. The van der Waals surface area contributed by atoms with Crippen LogP contribution >= 0.6 is 11.8 Å². The zero-order valence-corrected chi connectivity index (χ0v) is 12.4. The third-order valence-electron chi connectivity index (χ3n) is 3.21. The van der Waals surface area contributed by atoms with Crippen molar-refractivity contribution >= 4 is 17.7 Å². The van der Waals surface area contributed by atoms with Crippen molar-refractivity contribution in [2.24, 2.45) is 0 Å². The summed E-state index contributed by atoms with van der Waals surface area (Å²) in [6, 6.07) is 5.13. The van der Waals surface area contributed by atoms with Gasteiger partial charge >= 0.3 is 0 Å². The van der Waals surface area contributed by atoms with Crippen LogP contribution < -0.4 is 14.8 Å². The largest absolute Gasteiger partial charge is 0.486 e. The van der Waals surface area contributed by atoms with E-state index in [-0.39, 0.29) is 23.8 Å². The summed E-state index contributed by atoms with van der Waals surface area (Å²) in [6.07, 6.45) is 1.91. The molecule has 1 aliphatic rings. The monoisotopic (exact) mass is 297 g/mol. The molecule has 0 radical (unpaired) electrons. The molecule has 0 spiro atoms. The summed E-state index contributed by atoms with van der Waals surface area (Å²) >= 11 is 1.52. The van der Waals surface area contributed by atoms with Crippen LogP contribution in [0.3, 0.4) is 0 Å². The zero-order chi connectivity index (χ0) is 14.5. The number of fused-ring (bicyclic) bond motifs is 1. The standard InChI is InChI=1S/C14H19NO4S/c1-9(12(8-16)20-2)15-14(17)10-4-3-5-11-13(10)19-7-6-18-11/h3-5,9,12,16H,6-8H2,1-2H3,(H,15,17). The van der Waals surface area contributed by atoms with Crippen LogP contribution in [0.1, 0.15) is 17.3 Å². The number of carbonyl (C=O) groups excluding carboxylic acids is 1. The molecule has 1 amide bonds. The van der Waals surface area contributed by atoms with Gasteiger partial charge in [0.25, 0.3) is 5.91 Å². The van der Waals surface area contributed by atoms with Gasteiger partial charge in [0, 0.05) is 11.3 Å². The summed E-state index contributed by atoms with van der Waals surface area (Å²) in [6.45, 7) is 2.83. The number of benzene rings is 1. The summed E-state index contributed by atoms with van der Waals surface area (Å²) in [7, 11) is 0. The van der Waals surface area contributed by atoms with Crippen LogP contribution in [0.25, 0.3) is 0 Å². The molecule has 2 unspecified atom stereocenters. The number of aliphatic hydroxyl groups is 1. The van der Waals surface area contributed by atoms with Gasteiger partial charge in [-0.05, 0) is 25.3 Å². The van der Waals surface area contributed by atoms with Gasteiger partial charge in [-0.3, -0.25) is 4.79 Å². The Balaban J connectivity index is 2.13. The second-order valence-electron chi connectivity index (χ2n) is 4.55. The Bertz CT molecular complexity index is 476. The fourth-order valence-corrected chi connectivity index (χ4v) is 2.69. The Kier molecular flexibility index (Phi) is 5.14. The number of hydrogen-bond donors (Lipinski definition) is 2. The Labute approximate surface area is 122 Å². The highest BCUT2D eigenvalue weighted by Gasteiger charge is 2.23. The zero-order valence-electron chi connectivity index (χ0n) is 11.6. The van der Waals surface area contributed by atoms with E-state index in [4.69, 9.17) is 9.47 Å². The van der Waals surface area contributed by atoms with Crippen LogP contribution in [-0.2, 0) is 0 Å². The fraction of sp³-hybridized carbons (Fsp3) is 0.500. The fourth-order valence-electron chi connectivity index (χ4n) is 2.07. The second-order valence-corrected chi connectivity index (χ2v) is 5.63. The quantitative estimate of drug-likeness (QED) is 0.857. The molecule has 0 saturated carbocycles. The molecule has 1 aromatic rings. The maximum absolute atomic E-state index is 12.3. The van der Waals surface area contributed by atoms with Gasteiger partial charge in [0.1, 0.15) is 13.2 Å². The van der Waals surface area contributed by atoms with Crippen molar-refractivity contribution in [3.05, 3.63) is 23.8 Å². The Morgan fingerprint density at radius 3 is 2.90 bits per heavy atom. The first kappa shape index (κ1) is 15.0. The van der Waals surface area contributed by atoms with Gasteiger partial charge in [0.15, 0.2) is 11.5 Å². The van der Waals surface area contributed by atoms with Crippen molar-refractivity contribution < 1.29 is 19.4 Å². The van der Waals surface area contributed by atoms with E-state index in [0.717, 1.165) is 0 Å². The molecular weight excluding hydrogens is 278 g/mol. The third kappa shape index (κ3) is 3.19. The highest BCUT2D eigenvalue weighted by atomic mass is 32.2. The summed E-state index contributed by atoms with van der Waals surface area (Å²) < 4.78 is 11.0. The highest BCUT2D eigenvalue weighted by molar-refractivity contribution is 7.99. The lowest BCUT2D eigenvalue weighted by atomic mass is 10.1. The minimum absolute atomic E-state index is 0.0229. The molecule has 6 heteroatoms. The highest BCUT2D eigenvalue weighted by Crippen LogP contribution is 2.33. The Morgan fingerprint density at radius 1 is 1.45 bits per heavy atom. The van der Waals surface area contributed by atoms with Crippen LogP contribution in [0.15, 0.2) is 18.2 Å². The first-order chi connectivity index (χ1) is 9.67. The lowest BCUT2D eigenvalue weighted by molar-refractivity contribution is 0.0925. The smallest absolute Gasteiger partial charge is 0.255 e. The molecule has 0 aromatic heterocycles. The lowest BCUT2D eigenvalue weighted by Crippen LogP contribution is -2.41. The van der Waals surface area contributed by atoms with E-state index in [1.807, 2.05) is 13.2 Å². The third-order valence-corrected chi connectivity index (χ3v) is 4.37. The van der Waals surface area contributed by atoms with E-state index in [1.165, 1.54) is 11.8 Å². The predicted molar refractivity (Wildman–Crippen MR) is 78.7 cm³/mol. The number of rotatable bonds is 5.